The van der Waals surface area contributed by atoms with Crippen LogP contribution >= 0.6 is 0 Å². The van der Waals surface area contributed by atoms with Crippen LogP contribution in [-0.2, 0) is 0 Å². The van der Waals surface area contributed by atoms with Gasteiger partial charge >= 0.3 is 0 Å². The van der Waals surface area contributed by atoms with Crippen LogP contribution in [0.3, 0.4) is 0 Å². The molecule has 1 N–H and O–H groups in total. The van der Waals surface area contributed by atoms with Crippen LogP contribution in [0.4, 0.5) is 4.39 Å². The van der Waals surface area contributed by atoms with Gasteiger partial charge in [0.05, 0.1) is 11.4 Å². The van der Waals surface area contributed by atoms with Gasteiger partial charge in [-0.15, -0.1) is 0 Å². The van der Waals surface area contributed by atoms with Crippen molar-refractivity contribution in [3.05, 3.63) is 72.2 Å². The standard InChI is InChI=1S/C19H14FN3O/c1-12-18(14-5-3-2-4-6-14)19-21-16(11-17(24)23(19)22-12)13-7-9-15(20)10-8-13/h2-11,24H,1H3. The summed E-state index contributed by atoms with van der Waals surface area (Å²) < 4.78 is 14.6. The zero-order valence-corrected chi connectivity index (χ0v) is 12.9. The zero-order valence-electron chi connectivity index (χ0n) is 12.9. The van der Waals surface area contributed by atoms with Crippen molar-refractivity contribution >= 4 is 5.65 Å². The van der Waals surface area contributed by atoms with Crippen LogP contribution in [0.5, 0.6) is 5.88 Å². The van der Waals surface area contributed by atoms with E-state index in [4.69, 9.17) is 0 Å². The number of aromatic hydroxyl groups is 1. The van der Waals surface area contributed by atoms with E-state index in [0.29, 0.717) is 11.3 Å². The first kappa shape index (κ1) is 14.4. The largest absolute Gasteiger partial charge is 0.493 e. The summed E-state index contributed by atoms with van der Waals surface area (Å²) in [5.74, 6) is -0.321. The van der Waals surface area contributed by atoms with E-state index < -0.39 is 0 Å². The summed E-state index contributed by atoms with van der Waals surface area (Å²) in [6, 6.07) is 17.3. The summed E-state index contributed by atoms with van der Waals surface area (Å²) in [5.41, 5.74) is 4.49. The maximum atomic E-state index is 13.1. The van der Waals surface area contributed by atoms with Crippen LogP contribution in [0, 0.1) is 12.7 Å². The molecule has 0 aliphatic heterocycles. The molecule has 4 aromatic rings. The van der Waals surface area contributed by atoms with Crippen LogP contribution in [0.2, 0.25) is 0 Å². The fraction of sp³-hybridized carbons (Fsp3) is 0.0526. The Balaban J connectivity index is 1.98. The number of fused-ring (bicyclic) bond motifs is 1. The topological polar surface area (TPSA) is 50.4 Å². The summed E-state index contributed by atoms with van der Waals surface area (Å²) in [6.45, 7) is 1.88. The highest BCUT2D eigenvalue weighted by Crippen LogP contribution is 2.31. The van der Waals surface area contributed by atoms with Crippen LogP contribution in [0.15, 0.2) is 60.7 Å². The smallest absolute Gasteiger partial charge is 0.216 e. The molecule has 118 valence electrons. The molecule has 4 nitrogen and oxygen atoms in total. The van der Waals surface area contributed by atoms with E-state index >= 15 is 0 Å². The molecule has 0 bridgehead atoms. The van der Waals surface area contributed by atoms with E-state index in [9.17, 15) is 9.50 Å². The summed E-state index contributed by atoms with van der Waals surface area (Å²) >= 11 is 0. The van der Waals surface area contributed by atoms with E-state index in [0.717, 1.165) is 22.4 Å². The van der Waals surface area contributed by atoms with Crippen molar-refractivity contribution in [2.75, 3.05) is 0 Å². The van der Waals surface area contributed by atoms with Crippen molar-refractivity contribution in [3.8, 4) is 28.3 Å². The van der Waals surface area contributed by atoms with Crippen molar-refractivity contribution in [3.63, 3.8) is 0 Å². The second kappa shape index (κ2) is 5.45. The monoisotopic (exact) mass is 319 g/mol. The molecule has 0 aliphatic rings. The lowest BCUT2D eigenvalue weighted by Crippen LogP contribution is -1.94. The van der Waals surface area contributed by atoms with Crippen molar-refractivity contribution < 1.29 is 9.50 Å². The third-order valence-electron chi connectivity index (χ3n) is 3.95. The van der Waals surface area contributed by atoms with Crippen molar-refractivity contribution in [1.29, 1.82) is 0 Å². The molecule has 4 rings (SSSR count). The minimum Gasteiger partial charge on any atom is -0.493 e. The molecule has 0 amide bonds. The van der Waals surface area contributed by atoms with Crippen LogP contribution in [0.1, 0.15) is 5.69 Å². The van der Waals surface area contributed by atoms with Gasteiger partial charge in [0, 0.05) is 17.2 Å². The number of benzene rings is 2. The van der Waals surface area contributed by atoms with E-state index in [1.165, 1.54) is 22.7 Å². The maximum absolute atomic E-state index is 13.1. The molecule has 0 fully saturated rings. The van der Waals surface area contributed by atoms with E-state index in [1.54, 1.807) is 12.1 Å². The molecule has 0 saturated carbocycles. The van der Waals surface area contributed by atoms with Crippen molar-refractivity contribution in [2.45, 2.75) is 6.92 Å². The van der Waals surface area contributed by atoms with Crippen LogP contribution < -0.4 is 0 Å². The summed E-state index contributed by atoms with van der Waals surface area (Å²) in [5, 5.41) is 14.7. The Morgan fingerprint density at radius 3 is 2.38 bits per heavy atom. The van der Waals surface area contributed by atoms with Gasteiger partial charge in [-0.2, -0.15) is 9.61 Å². The van der Waals surface area contributed by atoms with Gasteiger partial charge in [0.25, 0.3) is 0 Å². The highest BCUT2D eigenvalue weighted by atomic mass is 19.1. The Labute approximate surface area is 137 Å². The SMILES string of the molecule is Cc1nn2c(O)cc(-c3ccc(F)cc3)nc2c1-c1ccccc1. The van der Waals surface area contributed by atoms with Crippen molar-refractivity contribution in [1.82, 2.24) is 14.6 Å². The molecule has 0 unspecified atom stereocenters. The third kappa shape index (κ3) is 2.31. The second-order valence-electron chi connectivity index (χ2n) is 5.57. The fourth-order valence-corrected chi connectivity index (χ4v) is 2.82. The minimum atomic E-state index is -0.311. The summed E-state index contributed by atoms with van der Waals surface area (Å²) in [4.78, 5) is 4.65. The highest BCUT2D eigenvalue weighted by molar-refractivity contribution is 5.81. The molecule has 0 atom stereocenters. The van der Waals surface area contributed by atoms with Crippen LogP contribution in [0.25, 0.3) is 28.0 Å². The Hall–Kier alpha value is -3.21. The summed E-state index contributed by atoms with van der Waals surface area (Å²) in [6.07, 6.45) is 0. The Morgan fingerprint density at radius 1 is 0.958 bits per heavy atom. The Bertz CT molecular complexity index is 1020. The van der Waals surface area contributed by atoms with E-state index in [-0.39, 0.29) is 11.7 Å². The quantitative estimate of drug-likeness (QED) is 0.602. The number of rotatable bonds is 2. The first-order valence-electron chi connectivity index (χ1n) is 7.54. The summed E-state index contributed by atoms with van der Waals surface area (Å²) in [7, 11) is 0. The number of hydrogen-bond acceptors (Lipinski definition) is 3. The Morgan fingerprint density at radius 2 is 1.67 bits per heavy atom. The van der Waals surface area contributed by atoms with Gasteiger partial charge in [-0.1, -0.05) is 30.3 Å². The van der Waals surface area contributed by atoms with E-state index in [2.05, 4.69) is 10.1 Å². The fourth-order valence-electron chi connectivity index (χ4n) is 2.82. The van der Waals surface area contributed by atoms with Crippen LogP contribution in [-0.4, -0.2) is 19.7 Å². The molecule has 2 aromatic carbocycles. The van der Waals surface area contributed by atoms with Gasteiger partial charge < -0.3 is 5.11 Å². The third-order valence-corrected chi connectivity index (χ3v) is 3.95. The van der Waals surface area contributed by atoms with Gasteiger partial charge in [0.15, 0.2) is 5.65 Å². The van der Waals surface area contributed by atoms with E-state index in [1.807, 2.05) is 37.3 Å². The normalized spacial score (nSPS) is 11.1. The molecule has 0 radical (unpaired) electrons. The molecule has 0 saturated heterocycles. The molecule has 2 aromatic heterocycles. The number of nitrogens with zero attached hydrogens (tertiary/aromatic N) is 3. The molecule has 24 heavy (non-hydrogen) atoms. The van der Waals surface area contributed by atoms with Crippen molar-refractivity contribution in [2.24, 2.45) is 0 Å². The highest BCUT2D eigenvalue weighted by Gasteiger charge is 2.16. The predicted molar refractivity (Wildman–Crippen MR) is 90.2 cm³/mol. The zero-order chi connectivity index (χ0) is 16.7. The van der Waals surface area contributed by atoms with Gasteiger partial charge in [-0.25, -0.2) is 9.37 Å². The van der Waals surface area contributed by atoms with Gasteiger partial charge in [-0.3, -0.25) is 0 Å². The number of aryl methyl sites for hydroxylation is 1. The predicted octanol–water partition coefficient (Wildman–Crippen LogP) is 4.22. The number of halogens is 1. The lowest BCUT2D eigenvalue weighted by Gasteiger charge is -2.05. The number of aromatic nitrogens is 3. The molecule has 2 heterocycles. The van der Waals surface area contributed by atoms with Gasteiger partial charge in [-0.05, 0) is 36.8 Å². The average Bonchev–Trinajstić information content (AvgIpc) is 2.93. The molecular formula is C19H14FN3O. The lowest BCUT2D eigenvalue weighted by molar-refractivity contribution is 0.435. The maximum Gasteiger partial charge on any atom is 0.216 e. The molecule has 0 spiro atoms. The first-order chi connectivity index (χ1) is 11.6. The average molecular weight is 319 g/mol. The molecular weight excluding hydrogens is 305 g/mol. The molecule has 5 heteroatoms. The second-order valence-corrected chi connectivity index (χ2v) is 5.57. The van der Waals surface area contributed by atoms with Gasteiger partial charge in [0.2, 0.25) is 5.88 Å². The molecule has 0 aliphatic carbocycles. The lowest BCUT2D eigenvalue weighted by atomic mass is 10.1. The van der Waals surface area contributed by atoms with Gasteiger partial charge in [0.1, 0.15) is 5.82 Å². The number of hydrogen-bond donors (Lipinski definition) is 1. The minimum absolute atomic E-state index is 0.00962. The first-order valence-corrected chi connectivity index (χ1v) is 7.54. The Kier molecular flexibility index (Phi) is 3.27.